The number of nitrogens with zero attached hydrogens (tertiary/aromatic N) is 4. The molecular weight excluding hydrogens is 405 g/mol. The summed E-state index contributed by atoms with van der Waals surface area (Å²) in [5, 5.41) is 12.2. The van der Waals surface area contributed by atoms with Crippen LogP contribution in [0.1, 0.15) is 18.9 Å². The Morgan fingerprint density at radius 3 is 2.77 bits per heavy atom. The van der Waals surface area contributed by atoms with Gasteiger partial charge in [-0.25, -0.2) is 4.39 Å². The Hall–Kier alpha value is -3.20. The number of rotatable bonds is 6. The summed E-state index contributed by atoms with van der Waals surface area (Å²) in [6.45, 7) is 4.17. The van der Waals surface area contributed by atoms with E-state index in [-0.39, 0.29) is 23.0 Å². The number of hydrogen-bond donors (Lipinski definition) is 1. The predicted octanol–water partition coefficient (Wildman–Crippen LogP) is 3.63. The third-order valence-electron chi connectivity index (χ3n) is 4.71. The second kappa shape index (κ2) is 8.27. The molecule has 2 aromatic heterocycles. The number of halogens is 1. The highest BCUT2D eigenvalue weighted by Gasteiger charge is 2.17. The Labute approximate surface area is 175 Å². The Morgan fingerprint density at radius 2 is 2.00 bits per heavy atom. The monoisotopic (exact) mass is 425 g/mol. The minimum atomic E-state index is -0.371. The van der Waals surface area contributed by atoms with Crippen LogP contribution in [0.25, 0.3) is 16.7 Å². The Balaban J connectivity index is 1.64. The number of amides is 1. The molecule has 0 radical (unpaired) electrons. The fraction of sp³-hybridized carbons (Fsp3) is 0.238. The second-order valence-corrected chi connectivity index (χ2v) is 7.84. The molecule has 154 valence electrons. The number of benzene rings is 2. The van der Waals surface area contributed by atoms with Crippen LogP contribution in [0.2, 0.25) is 0 Å². The van der Waals surface area contributed by atoms with Crippen LogP contribution >= 0.6 is 11.8 Å². The first-order chi connectivity index (χ1) is 14.5. The standard InChI is InChI=1S/C21H20FN5O2S/c1-3-10-26-19(29)15-6-4-5-7-17(15)27-20(26)24-25-21(27)30-12-18(28)23-14-9-8-13(2)16(22)11-14/h4-9,11H,3,10,12H2,1-2H3,(H,23,28). The number of fused-ring (bicyclic) bond motifs is 3. The molecule has 30 heavy (non-hydrogen) atoms. The number of carbonyl (C=O) groups excluding carboxylic acids is 1. The van der Waals surface area contributed by atoms with Crippen molar-refractivity contribution in [2.45, 2.75) is 32.0 Å². The molecule has 0 aliphatic carbocycles. The number of carbonyl (C=O) groups is 1. The maximum absolute atomic E-state index is 13.7. The number of hydrogen-bond acceptors (Lipinski definition) is 5. The fourth-order valence-electron chi connectivity index (χ4n) is 3.25. The third kappa shape index (κ3) is 3.68. The second-order valence-electron chi connectivity index (χ2n) is 6.89. The van der Waals surface area contributed by atoms with Gasteiger partial charge in [0.05, 0.1) is 16.7 Å². The Kier molecular flexibility index (Phi) is 5.54. The minimum absolute atomic E-state index is 0.0670. The molecule has 9 heteroatoms. The van der Waals surface area contributed by atoms with Gasteiger partial charge >= 0.3 is 0 Å². The molecule has 4 aromatic rings. The van der Waals surface area contributed by atoms with E-state index in [1.54, 1.807) is 34.1 Å². The van der Waals surface area contributed by atoms with Crippen LogP contribution in [0.5, 0.6) is 0 Å². The highest BCUT2D eigenvalue weighted by molar-refractivity contribution is 7.99. The van der Waals surface area contributed by atoms with Crippen molar-refractivity contribution in [2.24, 2.45) is 0 Å². The first-order valence-corrected chi connectivity index (χ1v) is 10.5. The van der Waals surface area contributed by atoms with E-state index in [1.165, 1.54) is 17.8 Å². The van der Waals surface area contributed by atoms with Gasteiger partial charge in [0.15, 0.2) is 5.16 Å². The van der Waals surface area contributed by atoms with Crippen molar-refractivity contribution in [3.63, 3.8) is 0 Å². The van der Waals surface area contributed by atoms with E-state index in [0.717, 1.165) is 6.42 Å². The zero-order chi connectivity index (χ0) is 21.3. The molecule has 0 saturated carbocycles. The number of para-hydroxylation sites is 1. The van der Waals surface area contributed by atoms with E-state index in [2.05, 4.69) is 15.5 Å². The van der Waals surface area contributed by atoms with Crippen molar-refractivity contribution in [2.75, 3.05) is 11.1 Å². The molecule has 0 aliphatic rings. The zero-order valence-corrected chi connectivity index (χ0v) is 17.4. The van der Waals surface area contributed by atoms with Gasteiger partial charge in [0.1, 0.15) is 5.82 Å². The number of nitrogens with one attached hydrogen (secondary N) is 1. The van der Waals surface area contributed by atoms with Crippen LogP contribution in [0.3, 0.4) is 0 Å². The van der Waals surface area contributed by atoms with E-state index in [4.69, 9.17) is 0 Å². The highest BCUT2D eigenvalue weighted by atomic mass is 32.2. The lowest BCUT2D eigenvalue weighted by atomic mass is 10.2. The van der Waals surface area contributed by atoms with Crippen LogP contribution in [0.15, 0.2) is 52.4 Å². The predicted molar refractivity (Wildman–Crippen MR) is 116 cm³/mol. The highest BCUT2D eigenvalue weighted by Crippen LogP contribution is 2.22. The van der Waals surface area contributed by atoms with E-state index < -0.39 is 0 Å². The lowest BCUT2D eigenvalue weighted by Gasteiger charge is -2.10. The molecule has 4 rings (SSSR count). The molecule has 0 spiro atoms. The Bertz CT molecular complexity index is 1310. The summed E-state index contributed by atoms with van der Waals surface area (Å²) in [4.78, 5) is 25.2. The van der Waals surface area contributed by atoms with Gasteiger partial charge in [0.25, 0.3) is 5.56 Å². The summed E-state index contributed by atoms with van der Waals surface area (Å²) in [5.41, 5.74) is 1.50. The van der Waals surface area contributed by atoms with Crippen molar-refractivity contribution in [3.8, 4) is 0 Å². The number of anilines is 1. The van der Waals surface area contributed by atoms with Crippen LogP contribution in [0, 0.1) is 12.7 Å². The summed E-state index contributed by atoms with van der Waals surface area (Å²) in [5.74, 6) is -0.142. The van der Waals surface area contributed by atoms with E-state index in [9.17, 15) is 14.0 Å². The van der Waals surface area contributed by atoms with Crippen molar-refractivity contribution < 1.29 is 9.18 Å². The molecule has 0 aliphatic heterocycles. The van der Waals surface area contributed by atoms with Crippen LogP contribution in [-0.2, 0) is 11.3 Å². The van der Waals surface area contributed by atoms with Crippen LogP contribution in [-0.4, -0.2) is 30.8 Å². The zero-order valence-electron chi connectivity index (χ0n) is 16.6. The first kappa shape index (κ1) is 20.1. The lowest BCUT2D eigenvalue weighted by Crippen LogP contribution is -2.23. The maximum atomic E-state index is 13.7. The third-order valence-corrected chi connectivity index (χ3v) is 5.64. The molecule has 0 atom stereocenters. The van der Waals surface area contributed by atoms with Gasteiger partial charge in [-0.15, -0.1) is 10.2 Å². The minimum Gasteiger partial charge on any atom is -0.325 e. The van der Waals surface area contributed by atoms with Gasteiger partial charge < -0.3 is 5.32 Å². The lowest BCUT2D eigenvalue weighted by molar-refractivity contribution is -0.113. The summed E-state index contributed by atoms with van der Waals surface area (Å²) in [6, 6.07) is 11.8. The smallest absolute Gasteiger partial charge is 0.262 e. The summed E-state index contributed by atoms with van der Waals surface area (Å²) in [7, 11) is 0. The van der Waals surface area contributed by atoms with E-state index in [1.807, 2.05) is 25.1 Å². The largest absolute Gasteiger partial charge is 0.325 e. The van der Waals surface area contributed by atoms with Gasteiger partial charge in [0.2, 0.25) is 11.7 Å². The van der Waals surface area contributed by atoms with Crippen molar-refractivity contribution in [1.82, 2.24) is 19.2 Å². The normalized spacial score (nSPS) is 11.3. The average Bonchev–Trinajstić information content (AvgIpc) is 3.16. The molecule has 1 N–H and O–H groups in total. The molecule has 2 heterocycles. The van der Waals surface area contributed by atoms with Gasteiger partial charge in [-0.1, -0.05) is 36.9 Å². The summed E-state index contributed by atoms with van der Waals surface area (Å²) >= 11 is 1.21. The molecular formula is C21H20FN5O2S. The number of aryl methyl sites for hydroxylation is 2. The molecule has 7 nitrogen and oxygen atoms in total. The molecule has 1 amide bonds. The molecule has 2 aromatic carbocycles. The Morgan fingerprint density at radius 1 is 1.20 bits per heavy atom. The topological polar surface area (TPSA) is 81.3 Å². The molecule has 0 saturated heterocycles. The van der Waals surface area contributed by atoms with Crippen LogP contribution < -0.4 is 10.9 Å². The SMILES string of the molecule is CCCn1c(=O)c2ccccc2n2c(SCC(=O)Nc3ccc(C)c(F)c3)nnc12. The van der Waals surface area contributed by atoms with Gasteiger partial charge in [0, 0.05) is 12.2 Å². The quantitative estimate of drug-likeness (QED) is 0.477. The van der Waals surface area contributed by atoms with Gasteiger partial charge in [-0.3, -0.25) is 18.6 Å². The van der Waals surface area contributed by atoms with Crippen molar-refractivity contribution in [3.05, 3.63) is 64.2 Å². The van der Waals surface area contributed by atoms with E-state index in [0.29, 0.717) is 39.6 Å². The van der Waals surface area contributed by atoms with Gasteiger partial charge in [-0.2, -0.15) is 0 Å². The number of thioether (sulfide) groups is 1. The molecule has 0 fully saturated rings. The summed E-state index contributed by atoms with van der Waals surface area (Å²) in [6.07, 6.45) is 0.777. The molecule has 0 unspecified atom stereocenters. The first-order valence-electron chi connectivity index (χ1n) is 9.55. The average molecular weight is 425 g/mol. The fourth-order valence-corrected chi connectivity index (χ4v) is 3.99. The van der Waals surface area contributed by atoms with Crippen molar-refractivity contribution in [1.29, 1.82) is 0 Å². The van der Waals surface area contributed by atoms with Gasteiger partial charge in [-0.05, 0) is 43.2 Å². The maximum Gasteiger partial charge on any atom is 0.262 e. The molecule has 0 bridgehead atoms. The number of aromatic nitrogens is 4. The van der Waals surface area contributed by atoms with Crippen molar-refractivity contribution >= 4 is 40.0 Å². The van der Waals surface area contributed by atoms with Crippen LogP contribution in [0.4, 0.5) is 10.1 Å². The summed E-state index contributed by atoms with van der Waals surface area (Å²) < 4.78 is 17.1. The van der Waals surface area contributed by atoms with E-state index >= 15 is 0 Å².